The normalized spacial score (nSPS) is 26.5. The molecular formula is C14H28N2O. The van der Waals surface area contributed by atoms with Gasteiger partial charge >= 0.3 is 0 Å². The van der Waals surface area contributed by atoms with Crippen LogP contribution in [-0.2, 0) is 4.79 Å². The second kappa shape index (κ2) is 6.39. The maximum atomic E-state index is 11.3. The van der Waals surface area contributed by atoms with Gasteiger partial charge in [0.25, 0.3) is 0 Å². The molecule has 0 spiro atoms. The first-order valence-electron chi connectivity index (χ1n) is 7.03. The summed E-state index contributed by atoms with van der Waals surface area (Å²) in [6.45, 7) is 6.02. The standard InChI is InChI=1S/C14H28N2O/c1-4-6-11-7-5-8-12(10-9-11)16-14(2,3)13(15)17/h11-12,16H,4-10H2,1-3H3,(H2,15,17). The van der Waals surface area contributed by atoms with Gasteiger partial charge in [0, 0.05) is 6.04 Å². The number of carbonyl (C=O) groups is 1. The molecule has 0 saturated heterocycles. The lowest BCUT2D eigenvalue weighted by atomic mass is 9.95. The van der Waals surface area contributed by atoms with Gasteiger partial charge in [0.05, 0.1) is 5.54 Å². The fourth-order valence-electron chi connectivity index (χ4n) is 2.80. The van der Waals surface area contributed by atoms with Crippen LogP contribution in [0.4, 0.5) is 0 Å². The van der Waals surface area contributed by atoms with Gasteiger partial charge in [0.1, 0.15) is 0 Å². The fraction of sp³-hybridized carbons (Fsp3) is 0.929. The Morgan fingerprint density at radius 3 is 2.59 bits per heavy atom. The highest BCUT2D eigenvalue weighted by molar-refractivity contribution is 5.83. The van der Waals surface area contributed by atoms with Crippen molar-refractivity contribution in [2.75, 3.05) is 0 Å². The molecule has 0 aliphatic heterocycles. The number of rotatable bonds is 5. The SMILES string of the molecule is CCCC1CCCC(NC(C)(C)C(N)=O)CC1. The van der Waals surface area contributed by atoms with Crippen molar-refractivity contribution in [2.24, 2.45) is 11.7 Å². The Hall–Kier alpha value is -0.570. The van der Waals surface area contributed by atoms with Crippen molar-refractivity contribution in [1.29, 1.82) is 0 Å². The molecule has 0 heterocycles. The molecule has 1 rings (SSSR count). The van der Waals surface area contributed by atoms with Crippen molar-refractivity contribution in [3.05, 3.63) is 0 Å². The highest BCUT2D eigenvalue weighted by Gasteiger charge is 2.29. The Balaban J connectivity index is 2.44. The monoisotopic (exact) mass is 240 g/mol. The molecule has 0 radical (unpaired) electrons. The second-order valence-corrected chi connectivity index (χ2v) is 5.99. The predicted molar refractivity (Wildman–Crippen MR) is 71.7 cm³/mol. The van der Waals surface area contributed by atoms with E-state index in [9.17, 15) is 4.79 Å². The van der Waals surface area contributed by atoms with Gasteiger partial charge in [0.2, 0.25) is 5.91 Å². The molecule has 0 bridgehead atoms. The van der Waals surface area contributed by atoms with Crippen LogP contribution in [0.2, 0.25) is 0 Å². The lowest BCUT2D eigenvalue weighted by molar-refractivity contribution is -0.123. The summed E-state index contributed by atoms with van der Waals surface area (Å²) in [5.41, 5.74) is 4.83. The summed E-state index contributed by atoms with van der Waals surface area (Å²) in [5, 5.41) is 3.42. The van der Waals surface area contributed by atoms with Gasteiger partial charge in [-0.3, -0.25) is 4.79 Å². The number of carbonyl (C=O) groups excluding carboxylic acids is 1. The Morgan fingerprint density at radius 2 is 2.00 bits per heavy atom. The molecule has 0 aromatic heterocycles. The maximum Gasteiger partial charge on any atom is 0.237 e. The average Bonchev–Trinajstić information content (AvgIpc) is 2.44. The smallest absolute Gasteiger partial charge is 0.237 e. The molecule has 1 amide bonds. The largest absolute Gasteiger partial charge is 0.368 e. The van der Waals surface area contributed by atoms with Crippen molar-refractivity contribution in [2.45, 2.75) is 77.3 Å². The molecular weight excluding hydrogens is 212 g/mol. The van der Waals surface area contributed by atoms with E-state index in [1.807, 2.05) is 13.8 Å². The number of primary amides is 1. The molecule has 1 fully saturated rings. The zero-order valence-electron chi connectivity index (χ0n) is 11.6. The third-order valence-corrected chi connectivity index (χ3v) is 3.97. The first-order valence-corrected chi connectivity index (χ1v) is 7.03. The van der Waals surface area contributed by atoms with E-state index < -0.39 is 5.54 Å². The van der Waals surface area contributed by atoms with Crippen LogP contribution >= 0.6 is 0 Å². The van der Waals surface area contributed by atoms with Crippen molar-refractivity contribution in [3.63, 3.8) is 0 Å². The summed E-state index contributed by atoms with van der Waals surface area (Å²) < 4.78 is 0. The van der Waals surface area contributed by atoms with Crippen molar-refractivity contribution in [3.8, 4) is 0 Å². The summed E-state index contributed by atoms with van der Waals surface area (Å²) in [5.74, 6) is 0.635. The van der Waals surface area contributed by atoms with Crippen LogP contribution in [0.3, 0.4) is 0 Å². The van der Waals surface area contributed by atoms with E-state index in [1.165, 1.54) is 44.9 Å². The summed E-state index contributed by atoms with van der Waals surface area (Å²) in [4.78, 5) is 11.3. The Bertz CT molecular complexity index is 251. The van der Waals surface area contributed by atoms with E-state index in [4.69, 9.17) is 5.73 Å². The van der Waals surface area contributed by atoms with Crippen LogP contribution in [0, 0.1) is 5.92 Å². The minimum Gasteiger partial charge on any atom is -0.368 e. The van der Waals surface area contributed by atoms with Gasteiger partial charge in [-0.05, 0) is 39.0 Å². The lowest BCUT2D eigenvalue weighted by Gasteiger charge is -2.28. The van der Waals surface area contributed by atoms with Crippen LogP contribution in [0.1, 0.15) is 65.7 Å². The third kappa shape index (κ3) is 4.66. The van der Waals surface area contributed by atoms with Crippen LogP contribution < -0.4 is 11.1 Å². The highest BCUT2D eigenvalue weighted by atomic mass is 16.1. The average molecular weight is 240 g/mol. The van der Waals surface area contributed by atoms with E-state index in [0.29, 0.717) is 6.04 Å². The molecule has 100 valence electrons. The second-order valence-electron chi connectivity index (χ2n) is 5.99. The van der Waals surface area contributed by atoms with E-state index in [0.717, 1.165) is 5.92 Å². The van der Waals surface area contributed by atoms with E-state index in [2.05, 4.69) is 12.2 Å². The number of nitrogens with two attached hydrogens (primary N) is 1. The summed E-state index contributed by atoms with van der Waals surface area (Å²) in [6, 6.07) is 0.458. The summed E-state index contributed by atoms with van der Waals surface area (Å²) in [7, 11) is 0. The summed E-state index contributed by atoms with van der Waals surface area (Å²) in [6.07, 6.45) is 8.92. The maximum absolute atomic E-state index is 11.3. The number of amides is 1. The van der Waals surface area contributed by atoms with Crippen molar-refractivity contribution < 1.29 is 4.79 Å². The van der Waals surface area contributed by atoms with E-state index in [-0.39, 0.29) is 5.91 Å². The fourth-order valence-corrected chi connectivity index (χ4v) is 2.80. The number of nitrogens with one attached hydrogen (secondary N) is 1. The molecule has 1 saturated carbocycles. The molecule has 1 aliphatic rings. The molecule has 3 nitrogen and oxygen atoms in total. The molecule has 0 aromatic rings. The number of hydrogen-bond acceptors (Lipinski definition) is 2. The van der Waals surface area contributed by atoms with Gasteiger partial charge < -0.3 is 11.1 Å². The predicted octanol–water partition coefficient (Wildman–Crippen LogP) is 2.59. The molecule has 3 N–H and O–H groups in total. The minimum absolute atomic E-state index is 0.258. The molecule has 17 heavy (non-hydrogen) atoms. The third-order valence-electron chi connectivity index (χ3n) is 3.97. The van der Waals surface area contributed by atoms with Gasteiger partial charge in [0.15, 0.2) is 0 Å². The Morgan fingerprint density at radius 1 is 1.29 bits per heavy atom. The van der Waals surface area contributed by atoms with E-state index in [1.54, 1.807) is 0 Å². The quantitative estimate of drug-likeness (QED) is 0.726. The minimum atomic E-state index is -0.574. The Labute approximate surface area is 106 Å². The van der Waals surface area contributed by atoms with E-state index >= 15 is 0 Å². The zero-order chi connectivity index (χ0) is 12.9. The van der Waals surface area contributed by atoms with Gasteiger partial charge in [-0.15, -0.1) is 0 Å². The Kier molecular flexibility index (Phi) is 5.44. The van der Waals surface area contributed by atoms with Crippen LogP contribution in [0.15, 0.2) is 0 Å². The molecule has 2 unspecified atom stereocenters. The van der Waals surface area contributed by atoms with Crippen LogP contribution in [0.5, 0.6) is 0 Å². The first-order chi connectivity index (χ1) is 7.95. The van der Waals surface area contributed by atoms with Crippen molar-refractivity contribution in [1.82, 2.24) is 5.32 Å². The lowest BCUT2D eigenvalue weighted by Crippen LogP contribution is -2.54. The van der Waals surface area contributed by atoms with Gasteiger partial charge in [-0.25, -0.2) is 0 Å². The van der Waals surface area contributed by atoms with Gasteiger partial charge in [-0.2, -0.15) is 0 Å². The van der Waals surface area contributed by atoms with Crippen LogP contribution in [-0.4, -0.2) is 17.5 Å². The highest BCUT2D eigenvalue weighted by Crippen LogP contribution is 2.27. The van der Waals surface area contributed by atoms with Gasteiger partial charge in [-0.1, -0.05) is 32.6 Å². The number of hydrogen-bond donors (Lipinski definition) is 2. The zero-order valence-corrected chi connectivity index (χ0v) is 11.6. The summed E-state index contributed by atoms with van der Waals surface area (Å²) >= 11 is 0. The van der Waals surface area contributed by atoms with Crippen molar-refractivity contribution >= 4 is 5.91 Å². The van der Waals surface area contributed by atoms with Crippen LogP contribution in [0.25, 0.3) is 0 Å². The molecule has 2 atom stereocenters. The topological polar surface area (TPSA) is 55.1 Å². The molecule has 3 heteroatoms. The molecule has 1 aliphatic carbocycles. The first kappa shape index (κ1) is 14.5. The molecule has 0 aromatic carbocycles.